The van der Waals surface area contributed by atoms with Crippen molar-refractivity contribution < 1.29 is 13.2 Å². The smallest absolute Gasteiger partial charge is 0.225 e. The summed E-state index contributed by atoms with van der Waals surface area (Å²) in [6.07, 6.45) is 7.82. The molecule has 0 amide bonds. The highest BCUT2D eigenvalue weighted by molar-refractivity contribution is 7.71. The first kappa shape index (κ1) is 22.2. The fourth-order valence-corrected chi connectivity index (χ4v) is 5.15. The Bertz CT molecular complexity index is 1490. The predicted octanol–water partition coefficient (Wildman–Crippen LogP) is 0.866. The number of anilines is 1. The van der Waals surface area contributed by atoms with Crippen LogP contribution >= 0.6 is 0 Å². The van der Waals surface area contributed by atoms with E-state index < -0.39 is 10.3 Å². The van der Waals surface area contributed by atoms with Crippen LogP contribution in [-0.4, -0.2) is 101 Å². The van der Waals surface area contributed by atoms with Crippen LogP contribution in [0.1, 0.15) is 5.69 Å². The number of nitrogens with zero attached hydrogens (tertiary/aromatic N) is 7. The van der Waals surface area contributed by atoms with E-state index in [-0.39, 0.29) is 0 Å². The van der Waals surface area contributed by atoms with Crippen molar-refractivity contribution in [1.29, 1.82) is 0 Å². The minimum atomic E-state index is -2.16. The molecule has 2 aliphatic rings. The summed E-state index contributed by atoms with van der Waals surface area (Å²) in [6.45, 7) is 6.49. The van der Waals surface area contributed by atoms with E-state index in [1.807, 2.05) is 29.6 Å². The lowest BCUT2D eigenvalue weighted by Crippen LogP contribution is -2.45. The molecule has 0 radical (unpaired) electrons. The van der Waals surface area contributed by atoms with Gasteiger partial charge in [-0.2, -0.15) is 8.42 Å². The van der Waals surface area contributed by atoms with Gasteiger partial charge >= 0.3 is 0 Å². The number of fused-ring (bicyclic) bond motifs is 2. The first-order chi connectivity index (χ1) is 17.1. The van der Waals surface area contributed by atoms with Crippen molar-refractivity contribution in [2.45, 2.75) is 6.54 Å². The second kappa shape index (κ2) is 9.38. The van der Waals surface area contributed by atoms with Gasteiger partial charge in [0.15, 0.2) is 11.5 Å². The first-order valence-corrected chi connectivity index (χ1v) is 12.8. The van der Waals surface area contributed by atoms with Gasteiger partial charge in [-0.15, -0.1) is 0 Å². The Hall–Kier alpha value is -3.32. The van der Waals surface area contributed by atoms with Crippen LogP contribution in [0, 0.1) is 0 Å². The van der Waals surface area contributed by atoms with E-state index in [1.54, 1.807) is 0 Å². The number of piperazine rings is 1. The third-order valence-electron chi connectivity index (χ3n) is 6.50. The average Bonchev–Trinajstić information content (AvgIpc) is 3.50. The van der Waals surface area contributed by atoms with E-state index >= 15 is 0 Å². The molecule has 0 atom stereocenters. The minimum absolute atomic E-state index is 0.665. The second-order valence-electron chi connectivity index (χ2n) is 8.83. The molecule has 0 saturated carbocycles. The lowest BCUT2D eigenvalue weighted by Gasteiger charge is -2.31. The number of aromatic amines is 1. The Morgan fingerprint density at radius 3 is 2.69 bits per heavy atom. The van der Waals surface area contributed by atoms with Crippen molar-refractivity contribution in [3.05, 3.63) is 42.6 Å². The average molecular weight is 495 g/mol. The normalized spacial score (nSPS) is 17.9. The lowest BCUT2D eigenvalue weighted by molar-refractivity contribution is 0.122. The number of imidazole rings is 1. The van der Waals surface area contributed by atoms with Crippen molar-refractivity contribution in [3.63, 3.8) is 0 Å². The monoisotopic (exact) mass is 494 g/mol. The largest absolute Gasteiger partial charge is 0.378 e. The number of rotatable bonds is 5. The molecular weight excluding hydrogens is 468 g/mol. The number of morpholine rings is 1. The van der Waals surface area contributed by atoms with Gasteiger partial charge in [0.2, 0.25) is 10.3 Å². The molecule has 1 N–H and O–H groups in total. The zero-order valence-corrected chi connectivity index (χ0v) is 20.0. The van der Waals surface area contributed by atoms with Gasteiger partial charge in [0.1, 0.15) is 11.1 Å². The molecule has 0 bridgehead atoms. The molecule has 11 nitrogen and oxygen atoms in total. The number of hydrogen-bond acceptors (Lipinski definition) is 8. The van der Waals surface area contributed by atoms with Gasteiger partial charge in [-0.05, 0) is 12.1 Å². The number of pyridine rings is 1. The van der Waals surface area contributed by atoms with E-state index in [1.165, 1.54) is 5.49 Å². The molecule has 12 heteroatoms. The van der Waals surface area contributed by atoms with Crippen LogP contribution in [-0.2, 0) is 21.6 Å². The molecule has 0 aliphatic carbocycles. The fourth-order valence-electron chi connectivity index (χ4n) is 4.69. The van der Waals surface area contributed by atoms with Gasteiger partial charge in [-0.1, -0.05) is 0 Å². The van der Waals surface area contributed by atoms with Gasteiger partial charge in [-0.25, -0.2) is 15.0 Å². The highest BCUT2D eigenvalue weighted by atomic mass is 32.2. The van der Waals surface area contributed by atoms with Crippen LogP contribution in [0.4, 0.5) is 5.82 Å². The third-order valence-corrected chi connectivity index (χ3v) is 6.97. The highest BCUT2D eigenvalue weighted by Gasteiger charge is 2.22. The Labute approximate surface area is 203 Å². The van der Waals surface area contributed by atoms with E-state index in [4.69, 9.17) is 14.7 Å². The molecular formula is C23H26N8O3S. The van der Waals surface area contributed by atoms with E-state index in [0.29, 0.717) is 32.8 Å². The van der Waals surface area contributed by atoms with Crippen molar-refractivity contribution in [2.24, 2.45) is 0 Å². The van der Waals surface area contributed by atoms with Crippen molar-refractivity contribution in [2.75, 3.05) is 57.4 Å². The molecule has 2 saturated heterocycles. The third kappa shape index (κ3) is 4.65. The maximum atomic E-state index is 10.9. The van der Waals surface area contributed by atoms with E-state index in [0.717, 1.165) is 65.6 Å². The summed E-state index contributed by atoms with van der Waals surface area (Å²) in [7, 11) is -2.16. The SMILES string of the molecule is O=S(=O)=CN1CCN(Cc2cn3cc(-c4cnc5[nH]ccc5c4)nc(N4CCOCC4)c3n2)CC1. The summed E-state index contributed by atoms with van der Waals surface area (Å²) in [5, 5.41) is 1.04. The van der Waals surface area contributed by atoms with E-state index in [9.17, 15) is 8.42 Å². The molecule has 2 fully saturated rings. The van der Waals surface area contributed by atoms with Gasteiger partial charge < -0.3 is 19.0 Å². The highest BCUT2D eigenvalue weighted by Crippen LogP contribution is 2.27. The van der Waals surface area contributed by atoms with Crippen molar-refractivity contribution in [3.8, 4) is 11.3 Å². The maximum absolute atomic E-state index is 10.9. The zero-order valence-electron chi connectivity index (χ0n) is 19.2. The van der Waals surface area contributed by atoms with Gasteiger partial charge in [-0.3, -0.25) is 9.80 Å². The molecule has 4 aromatic heterocycles. The number of H-pyrrole nitrogens is 1. The van der Waals surface area contributed by atoms with Crippen LogP contribution in [0.15, 0.2) is 36.9 Å². The second-order valence-corrected chi connectivity index (χ2v) is 9.56. The molecule has 0 spiro atoms. The quantitative estimate of drug-likeness (QED) is 0.404. The summed E-state index contributed by atoms with van der Waals surface area (Å²) in [4.78, 5) is 24.0. The molecule has 0 unspecified atom stereocenters. The Morgan fingerprint density at radius 1 is 1.06 bits per heavy atom. The summed E-state index contributed by atoms with van der Waals surface area (Å²) in [5.74, 6) is 0.851. The Morgan fingerprint density at radius 2 is 1.89 bits per heavy atom. The minimum Gasteiger partial charge on any atom is -0.378 e. The molecule has 6 heterocycles. The van der Waals surface area contributed by atoms with Crippen LogP contribution in [0.5, 0.6) is 0 Å². The summed E-state index contributed by atoms with van der Waals surface area (Å²) in [6, 6.07) is 4.11. The number of hydrogen-bond donors (Lipinski definition) is 1. The van der Waals surface area contributed by atoms with Crippen molar-refractivity contribution >= 4 is 38.3 Å². The van der Waals surface area contributed by atoms with Gasteiger partial charge in [0.25, 0.3) is 0 Å². The molecule has 6 rings (SSSR count). The topological polar surface area (TPSA) is 112 Å². The fraction of sp³-hybridized carbons (Fsp3) is 0.391. The van der Waals surface area contributed by atoms with Crippen LogP contribution in [0.2, 0.25) is 0 Å². The first-order valence-electron chi connectivity index (χ1n) is 11.7. The van der Waals surface area contributed by atoms with Crippen LogP contribution < -0.4 is 4.90 Å². The summed E-state index contributed by atoms with van der Waals surface area (Å²) >= 11 is 0. The predicted molar refractivity (Wildman–Crippen MR) is 133 cm³/mol. The molecule has 4 aromatic rings. The van der Waals surface area contributed by atoms with Crippen LogP contribution in [0.3, 0.4) is 0 Å². The zero-order chi connectivity index (χ0) is 23.8. The van der Waals surface area contributed by atoms with Crippen molar-refractivity contribution in [1.82, 2.24) is 34.1 Å². The Balaban J connectivity index is 1.33. The standard InChI is InChI=1S/C23H26N8O3S/c32-35(33)16-29-5-3-28(4-6-29)13-19-14-31-15-20(18-11-17-1-2-24-21(17)25-12-18)27-23(22(31)26-19)30-7-9-34-10-8-30/h1-2,11-12,14-16H,3-10,13H2,(H,24,25). The molecule has 182 valence electrons. The Kier molecular flexibility index (Phi) is 5.94. The van der Waals surface area contributed by atoms with Gasteiger partial charge in [0, 0.05) is 81.6 Å². The summed E-state index contributed by atoms with van der Waals surface area (Å²) < 4.78 is 29.5. The number of ether oxygens (including phenoxy) is 1. The number of nitrogens with one attached hydrogen (secondary N) is 1. The van der Waals surface area contributed by atoms with E-state index in [2.05, 4.69) is 36.4 Å². The maximum Gasteiger partial charge on any atom is 0.225 e. The molecule has 0 aromatic carbocycles. The number of aromatic nitrogens is 5. The molecule has 35 heavy (non-hydrogen) atoms. The van der Waals surface area contributed by atoms with Gasteiger partial charge in [0.05, 0.1) is 24.6 Å². The van der Waals surface area contributed by atoms with Crippen LogP contribution in [0.25, 0.3) is 27.9 Å². The lowest BCUT2D eigenvalue weighted by atomic mass is 10.2. The molecule has 2 aliphatic heterocycles. The summed E-state index contributed by atoms with van der Waals surface area (Å²) in [5.41, 5.74) is 5.70.